The van der Waals surface area contributed by atoms with Gasteiger partial charge in [-0.25, -0.2) is 0 Å². The summed E-state index contributed by atoms with van der Waals surface area (Å²) in [5.74, 6) is 1.55. The third kappa shape index (κ3) is 2.86. The molecular formula is C16H26N2. The Morgan fingerprint density at radius 3 is 2.44 bits per heavy atom. The summed E-state index contributed by atoms with van der Waals surface area (Å²) in [6.45, 7) is 9.19. The minimum absolute atomic E-state index is 0.161. The molecule has 1 heterocycles. The summed E-state index contributed by atoms with van der Waals surface area (Å²) >= 11 is 0. The Hall–Kier alpha value is -1.02. The number of anilines is 1. The Bertz CT molecular complexity index is 378. The minimum Gasteiger partial charge on any atom is -0.371 e. The predicted molar refractivity (Wildman–Crippen MR) is 78.8 cm³/mol. The van der Waals surface area contributed by atoms with E-state index in [0.717, 1.165) is 31.3 Å². The van der Waals surface area contributed by atoms with Crippen molar-refractivity contribution in [1.29, 1.82) is 0 Å². The smallest absolute Gasteiger partial charge is 0.0414 e. The highest BCUT2D eigenvalue weighted by Gasteiger charge is 2.24. The number of nitrogens with zero attached hydrogens (tertiary/aromatic N) is 1. The first kappa shape index (κ1) is 13.4. The molecule has 1 saturated heterocycles. The van der Waals surface area contributed by atoms with Crippen LogP contribution in [0.25, 0.3) is 0 Å². The van der Waals surface area contributed by atoms with E-state index in [-0.39, 0.29) is 6.04 Å². The minimum atomic E-state index is 0.161. The van der Waals surface area contributed by atoms with Gasteiger partial charge in [0.1, 0.15) is 0 Å². The van der Waals surface area contributed by atoms with Crippen molar-refractivity contribution in [2.24, 2.45) is 17.6 Å². The summed E-state index contributed by atoms with van der Waals surface area (Å²) in [5.41, 5.74) is 8.90. The van der Waals surface area contributed by atoms with E-state index in [0.29, 0.717) is 0 Å². The highest BCUT2D eigenvalue weighted by atomic mass is 15.1. The number of hydrogen-bond acceptors (Lipinski definition) is 2. The van der Waals surface area contributed by atoms with Crippen LogP contribution >= 0.6 is 0 Å². The van der Waals surface area contributed by atoms with Crippen LogP contribution in [-0.2, 0) is 0 Å². The first-order valence-electron chi connectivity index (χ1n) is 7.21. The fraction of sp³-hybridized carbons (Fsp3) is 0.625. The number of benzene rings is 1. The van der Waals surface area contributed by atoms with Crippen LogP contribution in [0.2, 0.25) is 0 Å². The zero-order chi connectivity index (χ0) is 13.1. The van der Waals surface area contributed by atoms with E-state index in [1.54, 1.807) is 0 Å². The van der Waals surface area contributed by atoms with Crippen molar-refractivity contribution in [3.05, 3.63) is 29.8 Å². The van der Waals surface area contributed by atoms with Gasteiger partial charge in [-0.05, 0) is 36.3 Å². The second-order valence-electron chi connectivity index (χ2n) is 5.92. The largest absolute Gasteiger partial charge is 0.371 e. The SMILES string of the molecule is CC[C@@H](N)c1ccccc1N1CC(C)CC(C)C1. The van der Waals surface area contributed by atoms with Crippen LogP contribution in [0.1, 0.15) is 45.2 Å². The van der Waals surface area contributed by atoms with Gasteiger partial charge in [-0.2, -0.15) is 0 Å². The van der Waals surface area contributed by atoms with E-state index in [1.165, 1.54) is 17.7 Å². The van der Waals surface area contributed by atoms with Crippen LogP contribution in [0.5, 0.6) is 0 Å². The lowest BCUT2D eigenvalue weighted by Crippen LogP contribution is -2.39. The quantitative estimate of drug-likeness (QED) is 0.883. The Morgan fingerprint density at radius 2 is 1.83 bits per heavy atom. The van der Waals surface area contributed by atoms with Gasteiger partial charge in [0.15, 0.2) is 0 Å². The van der Waals surface area contributed by atoms with Gasteiger partial charge in [-0.15, -0.1) is 0 Å². The highest BCUT2D eigenvalue weighted by molar-refractivity contribution is 5.55. The first-order chi connectivity index (χ1) is 8.61. The predicted octanol–water partition coefficient (Wildman–Crippen LogP) is 3.58. The molecular weight excluding hydrogens is 220 g/mol. The van der Waals surface area contributed by atoms with Crippen LogP contribution in [0.4, 0.5) is 5.69 Å². The molecule has 0 aliphatic carbocycles. The van der Waals surface area contributed by atoms with Crippen LogP contribution in [0.15, 0.2) is 24.3 Å². The Kier molecular flexibility index (Phi) is 4.28. The molecule has 0 aromatic heterocycles. The Balaban J connectivity index is 2.26. The van der Waals surface area contributed by atoms with Gasteiger partial charge in [0.25, 0.3) is 0 Å². The zero-order valence-electron chi connectivity index (χ0n) is 11.9. The molecule has 1 fully saturated rings. The number of para-hydroxylation sites is 1. The standard InChI is InChI=1S/C16H26N2/c1-4-15(17)14-7-5-6-8-16(14)18-10-12(2)9-13(3)11-18/h5-8,12-13,15H,4,9-11,17H2,1-3H3/t12?,13?,15-/m1/s1. The molecule has 3 atom stereocenters. The summed E-state index contributed by atoms with van der Waals surface area (Å²) in [6.07, 6.45) is 2.34. The van der Waals surface area contributed by atoms with E-state index >= 15 is 0 Å². The van der Waals surface area contributed by atoms with E-state index in [9.17, 15) is 0 Å². The van der Waals surface area contributed by atoms with Gasteiger partial charge in [-0.3, -0.25) is 0 Å². The molecule has 1 aliphatic heterocycles. The van der Waals surface area contributed by atoms with Gasteiger partial charge in [-0.1, -0.05) is 39.0 Å². The number of piperidine rings is 1. The molecule has 2 nitrogen and oxygen atoms in total. The van der Waals surface area contributed by atoms with E-state index in [2.05, 4.69) is 49.9 Å². The second-order valence-corrected chi connectivity index (χ2v) is 5.92. The Morgan fingerprint density at radius 1 is 1.22 bits per heavy atom. The van der Waals surface area contributed by atoms with Gasteiger partial charge < -0.3 is 10.6 Å². The zero-order valence-corrected chi connectivity index (χ0v) is 11.9. The summed E-state index contributed by atoms with van der Waals surface area (Å²) in [5, 5.41) is 0. The molecule has 0 radical (unpaired) electrons. The maximum atomic E-state index is 6.24. The van der Waals surface area contributed by atoms with E-state index in [4.69, 9.17) is 5.73 Å². The maximum Gasteiger partial charge on any atom is 0.0414 e. The molecule has 0 spiro atoms. The number of hydrogen-bond donors (Lipinski definition) is 1. The van der Waals surface area contributed by atoms with Crippen molar-refractivity contribution in [3.8, 4) is 0 Å². The molecule has 0 bridgehead atoms. The maximum absolute atomic E-state index is 6.24. The lowest BCUT2D eigenvalue weighted by atomic mass is 9.90. The number of nitrogens with two attached hydrogens (primary N) is 1. The normalized spacial score (nSPS) is 26.1. The molecule has 18 heavy (non-hydrogen) atoms. The van der Waals surface area contributed by atoms with Crippen molar-refractivity contribution in [3.63, 3.8) is 0 Å². The second kappa shape index (κ2) is 5.75. The summed E-state index contributed by atoms with van der Waals surface area (Å²) in [4.78, 5) is 2.53. The molecule has 0 amide bonds. The molecule has 2 N–H and O–H groups in total. The van der Waals surface area contributed by atoms with Gasteiger partial charge in [0, 0.05) is 24.8 Å². The van der Waals surface area contributed by atoms with Crippen molar-refractivity contribution >= 4 is 5.69 Å². The van der Waals surface area contributed by atoms with Crippen molar-refractivity contribution in [2.45, 2.75) is 39.7 Å². The van der Waals surface area contributed by atoms with Gasteiger partial charge in [0.05, 0.1) is 0 Å². The monoisotopic (exact) mass is 246 g/mol. The molecule has 2 unspecified atom stereocenters. The molecule has 100 valence electrons. The molecule has 1 aliphatic rings. The summed E-state index contributed by atoms with van der Waals surface area (Å²) in [7, 11) is 0. The third-order valence-electron chi connectivity index (χ3n) is 3.99. The highest BCUT2D eigenvalue weighted by Crippen LogP contribution is 2.31. The van der Waals surface area contributed by atoms with Gasteiger partial charge in [0.2, 0.25) is 0 Å². The van der Waals surface area contributed by atoms with Crippen LogP contribution < -0.4 is 10.6 Å². The topological polar surface area (TPSA) is 29.3 Å². The molecule has 0 saturated carbocycles. The molecule has 2 heteroatoms. The Labute approximate surface area is 111 Å². The lowest BCUT2D eigenvalue weighted by molar-refractivity contribution is 0.356. The molecule has 2 rings (SSSR count). The number of rotatable bonds is 3. The van der Waals surface area contributed by atoms with Crippen molar-refractivity contribution in [1.82, 2.24) is 0 Å². The van der Waals surface area contributed by atoms with E-state index < -0.39 is 0 Å². The molecule has 1 aromatic carbocycles. The first-order valence-corrected chi connectivity index (χ1v) is 7.21. The van der Waals surface area contributed by atoms with Crippen molar-refractivity contribution in [2.75, 3.05) is 18.0 Å². The van der Waals surface area contributed by atoms with Crippen LogP contribution in [-0.4, -0.2) is 13.1 Å². The van der Waals surface area contributed by atoms with Crippen molar-refractivity contribution < 1.29 is 0 Å². The van der Waals surface area contributed by atoms with Gasteiger partial charge >= 0.3 is 0 Å². The average Bonchev–Trinajstić information content (AvgIpc) is 2.36. The van der Waals surface area contributed by atoms with E-state index in [1.807, 2.05) is 0 Å². The summed E-state index contributed by atoms with van der Waals surface area (Å²) < 4.78 is 0. The average molecular weight is 246 g/mol. The lowest BCUT2D eigenvalue weighted by Gasteiger charge is -2.38. The van der Waals surface area contributed by atoms with Crippen LogP contribution in [0.3, 0.4) is 0 Å². The fourth-order valence-electron chi connectivity index (χ4n) is 3.17. The summed E-state index contributed by atoms with van der Waals surface area (Å²) in [6, 6.07) is 8.81. The fourth-order valence-corrected chi connectivity index (χ4v) is 3.17. The van der Waals surface area contributed by atoms with Crippen LogP contribution in [0, 0.1) is 11.8 Å². The molecule has 1 aromatic rings. The third-order valence-corrected chi connectivity index (χ3v) is 3.99.